The Labute approximate surface area is 153 Å². The zero-order chi connectivity index (χ0) is 18.3. The van der Waals surface area contributed by atoms with Crippen LogP contribution in [0.2, 0.25) is 0 Å². The molecule has 0 saturated carbocycles. The maximum Gasteiger partial charge on any atom is 0.278 e. The quantitative estimate of drug-likeness (QED) is 0.712. The summed E-state index contributed by atoms with van der Waals surface area (Å²) >= 11 is 1.23. The van der Waals surface area contributed by atoms with Gasteiger partial charge in [-0.15, -0.1) is 10.2 Å². The van der Waals surface area contributed by atoms with E-state index in [-0.39, 0.29) is 23.6 Å². The second kappa shape index (κ2) is 6.25. The third kappa shape index (κ3) is 3.10. The average Bonchev–Trinajstić information content (AvgIpc) is 3.18. The molecule has 3 aromatic heterocycles. The first-order valence-corrected chi connectivity index (χ1v) is 10.4. The lowest BCUT2D eigenvalue weighted by molar-refractivity contribution is 0.102. The molecule has 1 aliphatic rings. The van der Waals surface area contributed by atoms with Crippen molar-refractivity contribution in [1.29, 1.82) is 0 Å². The molecule has 1 amide bonds. The molecule has 1 N–H and O–H groups in total. The Morgan fingerprint density at radius 1 is 1.31 bits per heavy atom. The van der Waals surface area contributed by atoms with Crippen molar-refractivity contribution in [3.63, 3.8) is 0 Å². The van der Waals surface area contributed by atoms with Crippen molar-refractivity contribution in [2.45, 2.75) is 19.1 Å². The zero-order valence-corrected chi connectivity index (χ0v) is 15.3. The van der Waals surface area contributed by atoms with E-state index >= 15 is 0 Å². The number of aryl methyl sites for hydroxylation is 1. The van der Waals surface area contributed by atoms with Crippen LogP contribution in [0, 0.1) is 6.92 Å². The number of nitrogens with one attached hydrogen (secondary N) is 1. The molecule has 26 heavy (non-hydrogen) atoms. The third-order valence-corrected chi connectivity index (χ3v) is 6.24. The van der Waals surface area contributed by atoms with E-state index in [1.807, 2.05) is 0 Å². The Morgan fingerprint density at radius 2 is 2.15 bits per heavy atom. The molecule has 0 unspecified atom stereocenters. The molecule has 0 saturated heterocycles. The van der Waals surface area contributed by atoms with Crippen molar-refractivity contribution in [3.05, 3.63) is 46.4 Å². The molecule has 0 aromatic carbocycles. The number of hydrogen-bond donors (Lipinski definition) is 1. The van der Waals surface area contributed by atoms with Gasteiger partial charge in [-0.2, -0.15) is 5.10 Å². The van der Waals surface area contributed by atoms with E-state index in [0.29, 0.717) is 27.2 Å². The van der Waals surface area contributed by atoms with Crippen LogP contribution in [0.5, 0.6) is 0 Å². The van der Waals surface area contributed by atoms with E-state index in [1.165, 1.54) is 11.3 Å². The van der Waals surface area contributed by atoms with Gasteiger partial charge in [0.05, 0.1) is 17.2 Å². The Kier molecular flexibility index (Phi) is 4.04. The molecular formula is C15H14N6O3S2. The van der Waals surface area contributed by atoms with Gasteiger partial charge in [0.2, 0.25) is 5.13 Å². The lowest BCUT2D eigenvalue weighted by atomic mass is 10.1. The lowest BCUT2D eigenvalue weighted by Gasteiger charge is -2.14. The van der Waals surface area contributed by atoms with Crippen LogP contribution in [0.25, 0.3) is 5.82 Å². The standard InChI is InChI=1S/C15H14N6O3S2/c1-9-18-19-15(25-9)17-14(22)13-10-8-26(23,24)7-5-11(10)21(20-13)12-4-2-3-6-16-12/h2-4,6H,5,7-8H2,1H3,(H,17,19,22). The first-order valence-electron chi connectivity index (χ1n) is 7.77. The van der Waals surface area contributed by atoms with Crippen LogP contribution in [0.15, 0.2) is 24.4 Å². The van der Waals surface area contributed by atoms with Crippen LogP contribution in [0.3, 0.4) is 0 Å². The number of amides is 1. The molecule has 0 aliphatic carbocycles. The van der Waals surface area contributed by atoms with Gasteiger partial charge in [-0.3, -0.25) is 10.1 Å². The van der Waals surface area contributed by atoms with Crippen LogP contribution < -0.4 is 5.32 Å². The topological polar surface area (TPSA) is 120 Å². The minimum Gasteiger partial charge on any atom is -0.295 e. The second-order valence-corrected chi connectivity index (χ2v) is 9.16. The highest BCUT2D eigenvalue weighted by Crippen LogP contribution is 2.27. The molecule has 11 heteroatoms. The molecule has 0 bridgehead atoms. The highest BCUT2D eigenvalue weighted by molar-refractivity contribution is 7.90. The predicted molar refractivity (Wildman–Crippen MR) is 95.2 cm³/mol. The number of pyridine rings is 1. The molecule has 4 rings (SSSR count). The highest BCUT2D eigenvalue weighted by atomic mass is 32.2. The molecular weight excluding hydrogens is 376 g/mol. The highest BCUT2D eigenvalue weighted by Gasteiger charge is 2.32. The molecule has 134 valence electrons. The van der Waals surface area contributed by atoms with Crippen LogP contribution in [0.1, 0.15) is 26.8 Å². The van der Waals surface area contributed by atoms with E-state index in [1.54, 1.807) is 36.0 Å². The Bertz CT molecular complexity index is 1090. The van der Waals surface area contributed by atoms with Gasteiger partial charge in [-0.05, 0) is 19.1 Å². The van der Waals surface area contributed by atoms with Gasteiger partial charge in [0.15, 0.2) is 21.3 Å². The maximum atomic E-state index is 12.7. The van der Waals surface area contributed by atoms with E-state index in [0.717, 1.165) is 0 Å². The molecule has 0 spiro atoms. The molecule has 0 fully saturated rings. The monoisotopic (exact) mass is 390 g/mol. The van der Waals surface area contributed by atoms with Crippen LogP contribution in [0.4, 0.5) is 5.13 Å². The Morgan fingerprint density at radius 3 is 2.85 bits per heavy atom. The smallest absolute Gasteiger partial charge is 0.278 e. The van der Waals surface area contributed by atoms with Crippen molar-refractivity contribution < 1.29 is 13.2 Å². The summed E-state index contributed by atoms with van der Waals surface area (Å²) in [7, 11) is -3.27. The summed E-state index contributed by atoms with van der Waals surface area (Å²) in [4.78, 5) is 16.9. The Balaban J connectivity index is 1.79. The van der Waals surface area contributed by atoms with Gasteiger partial charge in [-0.25, -0.2) is 18.1 Å². The van der Waals surface area contributed by atoms with Gasteiger partial charge < -0.3 is 0 Å². The van der Waals surface area contributed by atoms with Gasteiger partial charge in [0.25, 0.3) is 5.91 Å². The van der Waals surface area contributed by atoms with E-state index < -0.39 is 15.7 Å². The van der Waals surface area contributed by atoms with Crippen LogP contribution >= 0.6 is 11.3 Å². The largest absolute Gasteiger partial charge is 0.295 e. The number of carbonyl (C=O) groups excluding carboxylic acids is 1. The predicted octanol–water partition coefficient (Wildman–Crippen LogP) is 1.15. The summed E-state index contributed by atoms with van der Waals surface area (Å²) in [6.07, 6.45) is 1.90. The minimum absolute atomic E-state index is 0.0230. The fourth-order valence-corrected chi connectivity index (χ4v) is 4.77. The van der Waals surface area contributed by atoms with Crippen molar-refractivity contribution >= 4 is 32.2 Å². The van der Waals surface area contributed by atoms with Crippen molar-refractivity contribution in [2.24, 2.45) is 0 Å². The van der Waals surface area contributed by atoms with Gasteiger partial charge in [0, 0.05) is 18.2 Å². The molecule has 0 atom stereocenters. The number of anilines is 1. The van der Waals surface area contributed by atoms with Crippen LogP contribution in [-0.4, -0.2) is 45.0 Å². The molecule has 9 nitrogen and oxygen atoms in total. The summed E-state index contributed by atoms with van der Waals surface area (Å²) < 4.78 is 25.7. The first-order chi connectivity index (χ1) is 12.4. The maximum absolute atomic E-state index is 12.7. The number of nitrogens with zero attached hydrogens (tertiary/aromatic N) is 5. The van der Waals surface area contributed by atoms with E-state index in [9.17, 15) is 13.2 Å². The van der Waals surface area contributed by atoms with Crippen molar-refractivity contribution in [1.82, 2.24) is 25.0 Å². The summed E-state index contributed by atoms with van der Waals surface area (Å²) in [5, 5.41) is 15.8. The molecule has 3 aromatic rings. The third-order valence-electron chi connectivity index (χ3n) is 3.93. The number of fused-ring (bicyclic) bond motifs is 1. The van der Waals surface area contributed by atoms with Crippen molar-refractivity contribution in [2.75, 3.05) is 11.1 Å². The van der Waals surface area contributed by atoms with Gasteiger partial charge in [-0.1, -0.05) is 17.4 Å². The minimum atomic E-state index is -3.27. The van der Waals surface area contributed by atoms with E-state index in [2.05, 4.69) is 25.6 Å². The second-order valence-electron chi connectivity index (χ2n) is 5.80. The normalized spacial score (nSPS) is 15.4. The van der Waals surface area contributed by atoms with Crippen LogP contribution in [-0.2, 0) is 22.0 Å². The number of aromatic nitrogens is 5. The van der Waals surface area contributed by atoms with E-state index in [4.69, 9.17) is 0 Å². The van der Waals surface area contributed by atoms with Gasteiger partial charge >= 0.3 is 0 Å². The fourth-order valence-electron chi connectivity index (χ4n) is 2.79. The first kappa shape index (κ1) is 16.8. The SMILES string of the molecule is Cc1nnc(NC(=O)c2nn(-c3ccccn3)c3c2CS(=O)(=O)CC3)s1. The zero-order valence-electron chi connectivity index (χ0n) is 13.7. The summed E-state index contributed by atoms with van der Waals surface area (Å²) in [6, 6.07) is 5.33. The fraction of sp³-hybridized carbons (Fsp3) is 0.267. The summed E-state index contributed by atoms with van der Waals surface area (Å²) in [6.45, 7) is 1.78. The molecule has 1 aliphatic heterocycles. The van der Waals surface area contributed by atoms with Crippen molar-refractivity contribution in [3.8, 4) is 5.82 Å². The summed E-state index contributed by atoms with van der Waals surface area (Å²) in [5.74, 6) is -0.166. The van der Waals surface area contributed by atoms with Gasteiger partial charge in [0.1, 0.15) is 5.01 Å². The number of sulfone groups is 1. The number of carbonyl (C=O) groups is 1. The lowest BCUT2D eigenvalue weighted by Crippen LogP contribution is -2.22. The average molecular weight is 390 g/mol. The molecule has 0 radical (unpaired) electrons. The molecule has 4 heterocycles. The summed E-state index contributed by atoms with van der Waals surface area (Å²) in [5.41, 5.74) is 1.18. The Hall–Kier alpha value is -2.66. The number of hydrogen-bond acceptors (Lipinski definition) is 8. The number of rotatable bonds is 3.